The predicted molar refractivity (Wildman–Crippen MR) is 108 cm³/mol. The van der Waals surface area contributed by atoms with Crippen LogP contribution in [0.15, 0.2) is 44.5 Å². The number of ether oxygens (including phenoxy) is 1. The summed E-state index contributed by atoms with van der Waals surface area (Å²) in [5, 5.41) is 10.2. The maximum Gasteiger partial charge on any atom is 0.246 e. The second-order valence-corrected chi connectivity index (χ2v) is 6.43. The lowest BCUT2D eigenvalue weighted by Gasteiger charge is -2.08. The Balaban J connectivity index is 1.50. The first-order valence-electron chi connectivity index (χ1n) is 9.49. The molecule has 0 saturated carbocycles. The standard InChI is InChI=1S/C20H26N6O3/c1-5-27-14(3)18-25-17(29-26-18)11-23-20(21-4)22-10-16-12-28-19(24-16)15-8-6-13(2)7-9-15/h6-9,12,14H,5,10-11H2,1-4H3,(H2,21,22,23). The molecule has 1 atom stereocenters. The van der Waals surface area contributed by atoms with Crippen LogP contribution in [-0.2, 0) is 17.8 Å². The first-order chi connectivity index (χ1) is 14.1. The summed E-state index contributed by atoms with van der Waals surface area (Å²) in [6.07, 6.45) is 1.43. The van der Waals surface area contributed by atoms with E-state index >= 15 is 0 Å². The number of aryl methyl sites for hydroxylation is 1. The Morgan fingerprint density at radius 2 is 1.93 bits per heavy atom. The molecule has 3 rings (SSSR count). The summed E-state index contributed by atoms with van der Waals surface area (Å²) in [6, 6.07) is 8.04. The molecular formula is C20H26N6O3. The zero-order valence-electron chi connectivity index (χ0n) is 17.1. The second-order valence-electron chi connectivity index (χ2n) is 6.43. The van der Waals surface area contributed by atoms with Crippen molar-refractivity contribution in [3.63, 3.8) is 0 Å². The highest BCUT2D eigenvalue weighted by molar-refractivity contribution is 5.79. The third kappa shape index (κ3) is 5.64. The van der Waals surface area contributed by atoms with Crippen molar-refractivity contribution in [3.05, 3.63) is 53.5 Å². The summed E-state index contributed by atoms with van der Waals surface area (Å²) in [7, 11) is 1.69. The number of aromatic nitrogens is 3. The van der Waals surface area contributed by atoms with Crippen molar-refractivity contribution < 1.29 is 13.7 Å². The number of nitrogens with one attached hydrogen (secondary N) is 2. The van der Waals surface area contributed by atoms with Crippen LogP contribution in [0.4, 0.5) is 0 Å². The second kappa shape index (κ2) is 9.83. The molecule has 2 aromatic heterocycles. The number of guanidine groups is 1. The average Bonchev–Trinajstić information content (AvgIpc) is 3.39. The highest BCUT2D eigenvalue weighted by atomic mass is 16.5. The molecule has 0 fully saturated rings. The molecule has 3 aromatic rings. The van der Waals surface area contributed by atoms with Gasteiger partial charge in [0.1, 0.15) is 12.4 Å². The zero-order valence-corrected chi connectivity index (χ0v) is 17.1. The van der Waals surface area contributed by atoms with Gasteiger partial charge in [-0.25, -0.2) is 4.98 Å². The maximum absolute atomic E-state index is 5.57. The van der Waals surface area contributed by atoms with E-state index in [0.29, 0.717) is 43.3 Å². The number of oxazole rings is 1. The Morgan fingerprint density at radius 3 is 2.66 bits per heavy atom. The predicted octanol–water partition coefficient (Wildman–Crippen LogP) is 3.00. The van der Waals surface area contributed by atoms with Gasteiger partial charge in [-0.05, 0) is 32.9 Å². The van der Waals surface area contributed by atoms with E-state index < -0.39 is 0 Å². The van der Waals surface area contributed by atoms with Crippen LogP contribution in [0.2, 0.25) is 0 Å². The molecule has 0 spiro atoms. The van der Waals surface area contributed by atoms with Crippen LogP contribution in [0.1, 0.15) is 42.9 Å². The topological polar surface area (TPSA) is 111 Å². The van der Waals surface area contributed by atoms with Gasteiger partial charge in [0.25, 0.3) is 0 Å². The fraction of sp³-hybridized carbons (Fsp3) is 0.400. The number of aliphatic imine (C=N–C) groups is 1. The van der Waals surface area contributed by atoms with E-state index in [1.54, 1.807) is 13.3 Å². The Hall–Kier alpha value is -3.20. The van der Waals surface area contributed by atoms with Crippen LogP contribution >= 0.6 is 0 Å². The Bertz CT molecular complexity index is 932. The molecule has 29 heavy (non-hydrogen) atoms. The molecule has 9 nitrogen and oxygen atoms in total. The molecule has 1 aromatic carbocycles. The first-order valence-corrected chi connectivity index (χ1v) is 9.49. The molecule has 2 N–H and O–H groups in total. The van der Waals surface area contributed by atoms with Crippen LogP contribution in [0.3, 0.4) is 0 Å². The van der Waals surface area contributed by atoms with Crippen molar-refractivity contribution in [2.24, 2.45) is 4.99 Å². The Morgan fingerprint density at radius 1 is 1.17 bits per heavy atom. The lowest BCUT2D eigenvalue weighted by atomic mass is 10.1. The van der Waals surface area contributed by atoms with Crippen LogP contribution in [0, 0.1) is 6.92 Å². The van der Waals surface area contributed by atoms with Gasteiger partial charge >= 0.3 is 0 Å². The van der Waals surface area contributed by atoms with Gasteiger partial charge in [0.15, 0.2) is 11.8 Å². The monoisotopic (exact) mass is 398 g/mol. The van der Waals surface area contributed by atoms with Gasteiger partial charge in [-0.2, -0.15) is 4.98 Å². The molecule has 0 aliphatic rings. The van der Waals surface area contributed by atoms with E-state index in [1.807, 2.05) is 45.0 Å². The summed E-state index contributed by atoms with van der Waals surface area (Å²) in [5.41, 5.74) is 2.91. The van der Waals surface area contributed by atoms with E-state index in [9.17, 15) is 0 Å². The molecule has 0 saturated heterocycles. The summed E-state index contributed by atoms with van der Waals surface area (Å²) < 4.78 is 16.3. The van der Waals surface area contributed by atoms with E-state index in [1.165, 1.54) is 5.56 Å². The van der Waals surface area contributed by atoms with E-state index in [0.717, 1.165) is 11.3 Å². The molecule has 0 bridgehead atoms. The van der Waals surface area contributed by atoms with Crippen molar-refractivity contribution in [2.45, 2.75) is 40.0 Å². The van der Waals surface area contributed by atoms with E-state index in [-0.39, 0.29) is 6.10 Å². The van der Waals surface area contributed by atoms with Crippen molar-refractivity contribution in [1.29, 1.82) is 0 Å². The number of hydrogen-bond acceptors (Lipinski definition) is 7. The smallest absolute Gasteiger partial charge is 0.246 e. The van der Waals surface area contributed by atoms with Gasteiger partial charge in [-0.3, -0.25) is 4.99 Å². The molecule has 2 heterocycles. The molecule has 0 amide bonds. The van der Waals surface area contributed by atoms with E-state index in [2.05, 4.69) is 30.8 Å². The molecule has 154 valence electrons. The van der Waals surface area contributed by atoms with Gasteiger partial charge in [0, 0.05) is 19.2 Å². The molecule has 0 radical (unpaired) electrons. The highest BCUT2D eigenvalue weighted by Gasteiger charge is 2.14. The lowest BCUT2D eigenvalue weighted by molar-refractivity contribution is 0.0683. The van der Waals surface area contributed by atoms with Crippen molar-refractivity contribution in [3.8, 4) is 11.5 Å². The number of hydrogen-bond donors (Lipinski definition) is 2. The molecular weight excluding hydrogens is 372 g/mol. The summed E-state index contributed by atoms with van der Waals surface area (Å²) in [4.78, 5) is 13.0. The summed E-state index contributed by atoms with van der Waals surface area (Å²) in [6.45, 7) is 7.25. The van der Waals surface area contributed by atoms with Gasteiger partial charge in [-0.1, -0.05) is 22.9 Å². The molecule has 9 heteroatoms. The highest BCUT2D eigenvalue weighted by Crippen LogP contribution is 2.19. The van der Waals surface area contributed by atoms with Crippen LogP contribution in [0.25, 0.3) is 11.5 Å². The normalized spacial score (nSPS) is 12.8. The number of rotatable bonds is 8. The minimum atomic E-state index is -0.204. The van der Waals surface area contributed by atoms with Gasteiger partial charge < -0.3 is 24.3 Å². The van der Waals surface area contributed by atoms with E-state index in [4.69, 9.17) is 13.7 Å². The third-order valence-electron chi connectivity index (χ3n) is 4.18. The number of benzene rings is 1. The lowest BCUT2D eigenvalue weighted by Crippen LogP contribution is -2.36. The van der Waals surface area contributed by atoms with Crippen molar-refractivity contribution in [1.82, 2.24) is 25.8 Å². The van der Waals surface area contributed by atoms with Crippen LogP contribution in [-0.4, -0.2) is 34.7 Å². The minimum absolute atomic E-state index is 0.204. The van der Waals surface area contributed by atoms with Crippen LogP contribution in [0.5, 0.6) is 0 Å². The first kappa shape index (κ1) is 20.5. The van der Waals surface area contributed by atoms with Crippen LogP contribution < -0.4 is 10.6 Å². The Kier molecular flexibility index (Phi) is 6.96. The molecule has 0 aliphatic heterocycles. The minimum Gasteiger partial charge on any atom is -0.444 e. The average molecular weight is 398 g/mol. The molecule has 1 unspecified atom stereocenters. The largest absolute Gasteiger partial charge is 0.444 e. The fourth-order valence-electron chi connectivity index (χ4n) is 2.60. The van der Waals surface area contributed by atoms with Gasteiger partial charge in [0.2, 0.25) is 11.8 Å². The third-order valence-corrected chi connectivity index (χ3v) is 4.18. The quantitative estimate of drug-likeness (QED) is 0.440. The fourth-order valence-corrected chi connectivity index (χ4v) is 2.60. The van der Waals surface area contributed by atoms with Gasteiger partial charge in [-0.15, -0.1) is 0 Å². The molecule has 0 aliphatic carbocycles. The maximum atomic E-state index is 5.57. The zero-order chi connectivity index (χ0) is 20.6. The Labute approximate surface area is 169 Å². The SMILES string of the molecule is CCOC(C)c1noc(CNC(=NC)NCc2coc(-c3ccc(C)cc3)n2)n1. The summed E-state index contributed by atoms with van der Waals surface area (Å²) in [5.74, 6) is 2.16. The van der Waals surface area contributed by atoms with Crippen molar-refractivity contribution >= 4 is 5.96 Å². The summed E-state index contributed by atoms with van der Waals surface area (Å²) >= 11 is 0. The van der Waals surface area contributed by atoms with Crippen molar-refractivity contribution in [2.75, 3.05) is 13.7 Å². The van der Waals surface area contributed by atoms with Gasteiger partial charge in [0.05, 0.1) is 18.8 Å². The number of nitrogens with zero attached hydrogens (tertiary/aromatic N) is 4.